The van der Waals surface area contributed by atoms with Crippen molar-refractivity contribution >= 4 is 54.4 Å². The zero-order valence-electron chi connectivity index (χ0n) is 32.1. The number of benzene rings is 9. The molecule has 0 saturated carbocycles. The van der Waals surface area contributed by atoms with Crippen LogP contribution >= 0.6 is 0 Å². The van der Waals surface area contributed by atoms with E-state index in [1.54, 1.807) is 0 Å². The van der Waals surface area contributed by atoms with E-state index >= 15 is 0 Å². The van der Waals surface area contributed by atoms with Crippen LogP contribution in [0.2, 0.25) is 0 Å². The highest BCUT2D eigenvalue weighted by molar-refractivity contribution is 6.25. The Bertz CT molecular complexity index is 3450. The average Bonchev–Trinajstić information content (AvgIpc) is 3.77. The van der Waals surface area contributed by atoms with E-state index in [1.807, 2.05) is 6.07 Å². The van der Waals surface area contributed by atoms with Crippen LogP contribution in [0, 0.1) is 0 Å². The van der Waals surface area contributed by atoms with E-state index in [1.165, 1.54) is 65.7 Å². The summed E-state index contributed by atoms with van der Waals surface area (Å²) in [6, 6.07) is 65.4. The number of hydrogen-bond donors (Lipinski definition) is 0. The fraction of sp³-hybridized carbons (Fsp3) is 0.0545. The van der Waals surface area contributed by atoms with E-state index in [0.29, 0.717) is 11.4 Å². The van der Waals surface area contributed by atoms with Crippen molar-refractivity contribution in [3.63, 3.8) is 0 Å². The van der Waals surface area contributed by atoms with E-state index in [0.717, 1.165) is 44.4 Å². The van der Waals surface area contributed by atoms with Crippen molar-refractivity contribution in [1.29, 1.82) is 0 Å². The maximum absolute atomic E-state index is 6.79. The molecular weight excluding hydrogens is 705 g/mol. The van der Waals surface area contributed by atoms with Gasteiger partial charge in [0.05, 0.1) is 0 Å². The molecule has 1 aliphatic carbocycles. The summed E-state index contributed by atoms with van der Waals surface area (Å²) in [5.74, 6) is 0.700. The summed E-state index contributed by atoms with van der Waals surface area (Å²) in [7, 11) is 0. The minimum Gasteiger partial charge on any atom is -0.452 e. The van der Waals surface area contributed by atoms with Crippen molar-refractivity contribution in [2.75, 3.05) is 0 Å². The Hall–Kier alpha value is -7.36. The molecule has 11 aromatic rings. The zero-order valence-corrected chi connectivity index (χ0v) is 32.1. The molecule has 272 valence electrons. The van der Waals surface area contributed by atoms with Crippen LogP contribution in [0.3, 0.4) is 0 Å². The van der Waals surface area contributed by atoms with Crippen LogP contribution in [0.1, 0.15) is 25.0 Å². The molecule has 0 amide bonds. The highest BCUT2D eigenvalue weighted by Gasteiger charge is 2.37. The Morgan fingerprint density at radius 3 is 1.67 bits per heavy atom. The topological polar surface area (TPSA) is 38.9 Å². The number of hydrogen-bond acceptors (Lipinski definition) is 3. The molecule has 0 aliphatic heterocycles. The first kappa shape index (κ1) is 32.8. The van der Waals surface area contributed by atoms with E-state index in [9.17, 15) is 0 Å². The molecule has 3 nitrogen and oxygen atoms in total. The summed E-state index contributed by atoms with van der Waals surface area (Å²) in [4.78, 5) is 10.6. The molecule has 0 N–H and O–H groups in total. The van der Waals surface area contributed by atoms with Crippen LogP contribution < -0.4 is 0 Å². The van der Waals surface area contributed by atoms with Crippen molar-refractivity contribution in [1.82, 2.24) is 9.97 Å². The molecule has 0 atom stereocenters. The van der Waals surface area contributed by atoms with Gasteiger partial charge in [0.25, 0.3) is 0 Å². The van der Waals surface area contributed by atoms with Crippen molar-refractivity contribution in [2.45, 2.75) is 19.3 Å². The first-order valence-electron chi connectivity index (χ1n) is 20.0. The number of rotatable bonds is 4. The van der Waals surface area contributed by atoms with Gasteiger partial charge in [-0.25, -0.2) is 9.97 Å². The predicted molar refractivity (Wildman–Crippen MR) is 241 cm³/mol. The van der Waals surface area contributed by atoms with Crippen LogP contribution in [0.5, 0.6) is 0 Å². The van der Waals surface area contributed by atoms with Gasteiger partial charge in [0.1, 0.15) is 16.8 Å². The fourth-order valence-electron chi connectivity index (χ4n) is 9.64. The lowest BCUT2D eigenvalue weighted by molar-refractivity contribution is 0.660. The van der Waals surface area contributed by atoms with Crippen molar-refractivity contribution in [3.8, 4) is 56.0 Å². The van der Waals surface area contributed by atoms with Gasteiger partial charge in [-0.1, -0.05) is 172 Å². The van der Waals surface area contributed by atoms with Crippen molar-refractivity contribution < 1.29 is 4.42 Å². The quantitative estimate of drug-likeness (QED) is 0.169. The first-order valence-corrected chi connectivity index (χ1v) is 20.0. The van der Waals surface area contributed by atoms with Crippen LogP contribution in [0.25, 0.3) is 110 Å². The standard InChI is InChI=1S/C55H36N2O/c1-55(2)47-24-11-10-22-43(47)50-45(23-13-25-48(50)55)54-56-51(33-14-4-3-5-15-33)53-52(57-54)44-29-27-37(32-49(44)58-53)35-17-12-16-34(30-35)36-26-28-42-40-20-7-6-18-38(40)39-19-8-9-21-41(39)46(42)31-36/h3-32H,1-2H3. The fourth-order valence-corrected chi connectivity index (χ4v) is 9.64. The third-order valence-electron chi connectivity index (χ3n) is 12.5. The van der Waals surface area contributed by atoms with E-state index < -0.39 is 0 Å². The first-order chi connectivity index (χ1) is 28.5. The predicted octanol–water partition coefficient (Wildman–Crippen LogP) is 14.8. The van der Waals surface area contributed by atoms with E-state index in [4.69, 9.17) is 14.4 Å². The number of furan rings is 1. The van der Waals surface area contributed by atoms with Gasteiger partial charge < -0.3 is 4.42 Å². The average molecular weight is 741 g/mol. The Labute approximate surface area is 335 Å². The van der Waals surface area contributed by atoms with Gasteiger partial charge in [0.15, 0.2) is 11.4 Å². The van der Waals surface area contributed by atoms with Crippen LogP contribution in [0.4, 0.5) is 0 Å². The minimum absolute atomic E-state index is 0.123. The Morgan fingerprint density at radius 1 is 0.397 bits per heavy atom. The molecule has 12 rings (SSSR count). The maximum Gasteiger partial charge on any atom is 0.180 e. The summed E-state index contributed by atoms with van der Waals surface area (Å²) in [5.41, 5.74) is 14.6. The lowest BCUT2D eigenvalue weighted by Gasteiger charge is -2.21. The monoisotopic (exact) mass is 740 g/mol. The summed E-state index contributed by atoms with van der Waals surface area (Å²) in [6.45, 7) is 4.62. The third kappa shape index (κ3) is 4.80. The minimum atomic E-state index is -0.123. The Morgan fingerprint density at radius 2 is 0.931 bits per heavy atom. The summed E-state index contributed by atoms with van der Waals surface area (Å²) in [6.07, 6.45) is 0. The lowest BCUT2D eigenvalue weighted by Crippen LogP contribution is -2.14. The second-order valence-corrected chi connectivity index (χ2v) is 16.1. The smallest absolute Gasteiger partial charge is 0.180 e. The summed E-state index contributed by atoms with van der Waals surface area (Å²) in [5, 5.41) is 8.64. The highest BCUT2D eigenvalue weighted by Crippen LogP contribution is 2.52. The van der Waals surface area contributed by atoms with Gasteiger partial charge in [0.2, 0.25) is 0 Å². The molecule has 9 aromatic carbocycles. The van der Waals surface area contributed by atoms with Gasteiger partial charge in [-0.05, 0) is 101 Å². The number of fused-ring (bicyclic) bond motifs is 12. The number of aromatic nitrogens is 2. The maximum atomic E-state index is 6.79. The lowest BCUT2D eigenvalue weighted by atomic mass is 9.82. The molecule has 2 aromatic heterocycles. The van der Waals surface area contributed by atoms with E-state index in [-0.39, 0.29) is 5.41 Å². The summed E-state index contributed by atoms with van der Waals surface area (Å²) >= 11 is 0. The van der Waals surface area contributed by atoms with Gasteiger partial charge in [-0.15, -0.1) is 0 Å². The second-order valence-electron chi connectivity index (χ2n) is 16.1. The van der Waals surface area contributed by atoms with Gasteiger partial charge in [0, 0.05) is 21.9 Å². The molecule has 2 heterocycles. The second kappa shape index (κ2) is 12.3. The Balaban J connectivity index is 1.00. The Kier molecular flexibility index (Phi) is 6.98. The number of nitrogens with zero attached hydrogens (tertiary/aromatic N) is 2. The zero-order chi connectivity index (χ0) is 38.5. The normalized spacial score (nSPS) is 13.1. The van der Waals surface area contributed by atoms with Gasteiger partial charge >= 0.3 is 0 Å². The van der Waals surface area contributed by atoms with E-state index in [2.05, 4.69) is 190 Å². The van der Waals surface area contributed by atoms with Gasteiger partial charge in [-0.3, -0.25) is 0 Å². The summed E-state index contributed by atoms with van der Waals surface area (Å²) < 4.78 is 6.79. The van der Waals surface area contributed by atoms with Crippen LogP contribution in [-0.4, -0.2) is 9.97 Å². The molecule has 3 heteroatoms. The highest BCUT2D eigenvalue weighted by atomic mass is 16.3. The third-order valence-corrected chi connectivity index (χ3v) is 12.5. The molecule has 0 saturated heterocycles. The molecule has 0 unspecified atom stereocenters. The van der Waals surface area contributed by atoms with Crippen molar-refractivity contribution in [2.24, 2.45) is 0 Å². The van der Waals surface area contributed by atoms with Crippen molar-refractivity contribution in [3.05, 3.63) is 193 Å². The molecular formula is C55H36N2O. The molecule has 0 radical (unpaired) electrons. The van der Waals surface area contributed by atoms with Crippen LogP contribution in [0.15, 0.2) is 186 Å². The molecule has 0 spiro atoms. The van der Waals surface area contributed by atoms with Gasteiger partial charge in [-0.2, -0.15) is 0 Å². The SMILES string of the molecule is CC1(C)c2ccccc2-c2c(-c3nc(-c4ccccc4)c4oc5cc(-c6cccc(-c7ccc8c9ccccc9c9ccccc9c8c7)c6)ccc5c4n3)cccc21. The molecule has 1 aliphatic rings. The molecule has 0 bridgehead atoms. The van der Waals surface area contributed by atoms with Crippen LogP contribution in [-0.2, 0) is 5.41 Å². The largest absolute Gasteiger partial charge is 0.452 e. The molecule has 0 fully saturated rings. The molecule has 58 heavy (non-hydrogen) atoms.